The molecular formula is C34H32Cl2N2O5S2. The lowest BCUT2D eigenvalue weighted by atomic mass is 9.77. The summed E-state index contributed by atoms with van der Waals surface area (Å²) in [5.41, 5.74) is 2.74. The lowest BCUT2D eigenvalue weighted by molar-refractivity contribution is -0.132. The Labute approximate surface area is 274 Å². The molecule has 0 bridgehead atoms. The van der Waals surface area contributed by atoms with Crippen LogP contribution in [-0.4, -0.2) is 43.8 Å². The first kappa shape index (κ1) is 31.9. The summed E-state index contributed by atoms with van der Waals surface area (Å²) < 4.78 is 60.7. The monoisotopic (exact) mass is 682 g/mol. The van der Waals surface area contributed by atoms with Crippen molar-refractivity contribution >= 4 is 49.0 Å². The van der Waals surface area contributed by atoms with E-state index in [1.807, 2.05) is 6.92 Å². The van der Waals surface area contributed by atoms with E-state index in [9.17, 15) is 21.6 Å². The molecule has 0 spiro atoms. The minimum atomic E-state index is -4.16. The molecule has 2 aliphatic rings. The van der Waals surface area contributed by atoms with Gasteiger partial charge in [-0.05, 0) is 79.4 Å². The number of fused-ring (bicyclic) bond motifs is 1. The van der Waals surface area contributed by atoms with Gasteiger partial charge in [0, 0.05) is 35.0 Å². The second-order valence-corrected chi connectivity index (χ2v) is 16.3. The van der Waals surface area contributed by atoms with Crippen LogP contribution in [0.5, 0.6) is 0 Å². The third kappa shape index (κ3) is 5.98. The normalized spacial score (nSPS) is 23.1. The molecule has 0 radical (unpaired) electrons. The number of benzene rings is 4. The van der Waals surface area contributed by atoms with Crippen LogP contribution in [-0.2, 0) is 24.8 Å². The Morgan fingerprint density at radius 2 is 1.40 bits per heavy atom. The molecule has 0 aromatic heterocycles. The van der Waals surface area contributed by atoms with E-state index >= 15 is 0 Å². The quantitative estimate of drug-likeness (QED) is 0.216. The Hall–Kier alpha value is -3.05. The molecule has 2 saturated heterocycles. The first-order valence-electron chi connectivity index (χ1n) is 14.6. The van der Waals surface area contributed by atoms with Crippen molar-refractivity contribution in [3.05, 3.63) is 129 Å². The van der Waals surface area contributed by atoms with Crippen LogP contribution in [0.15, 0.2) is 107 Å². The summed E-state index contributed by atoms with van der Waals surface area (Å²) in [6, 6.07) is 24.7. The maximum atomic E-state index is 14.6. The van der Waals surface area contributed by atoms with E-state index in [-0.39, 0.29) is 35.0 Å². The third-order valence-electron chi connectivity index (χ3n) is 8.86. The van der Waals surface area contributed by atoms with E-state index in [2.05, 4.69) is 0 Å². The fourth-order valence-electron chi connectivity index (χ4n) is 6.60. The molecule has 2 fully saturated rings. The lowest BCUT2D eigenvalue weighted by Crippen LogP contribution is -2.60. The van der Waals surface area contributed by atoms with Gasteiger partial charge in [-0.1, -0.05) is 83.4 Å². The van der Waals surface area contributed by atoms with Gasteiger partial charge in [0.05, 0.1) is 21.9 Å². The summed E-state index contributed by atoms with van der Waals surface area (Å²) in [6.45, 7) is 3.44. The molecule has 7 nitrogen and oxygen atoms in total. The molecule has 0 N–H and O–H groups in total. The van der Waals surface area contributed by atoms with E-state index in [0.29, 0.717) is 26.7 Å². The SMILES string of the molecule is Cc1ccc(S(=O)(=O)N2[C@H](c3cccc(Cl)c3)CC(=O)[C@@H]3CN(S(=O)(=O)c4ccccc4C)[C@H](c4ccc(Cl)cc4)C[C@@H]32)cc1. The van der Waals surface area contributed by atoms with Gasteiger partial charge < -0.3 is 0 Å². The van der Waals surface area contributed by atoms with E-state index < -0.39 is 44.1 Å². The van der Waals surface area contributed by atoms with Gasteiger partial charge in [0.15, 0.2) is 0 Å². The van der Waals surface area contributed by atoms with Gasteiger partial charge >= 0.3 is 0 Å². The topological polar surface area (TPSA) is 91.8 Å². The average molecular weight is 684 g/mol. The first-order chi connectivity index (χ1) is 21.4. The lowest BCUT2D eigenvalue weighted by Gasteiger charge is -2.51. The van der Waals surface area contributed by atoms with Crippen molar-refractivity contribution in [1.82, 2.24) is 8.61 Å². The molecule has 4 aromatic carbocycles. The summed E-state index contributed by atoms with van der Waals surface area (Å²) >= 11 is 12.6. The second kappa shape index (κ2) is 12.3. The number of carbonyl (C=O) groups is 1. The van der Waals surface area contributed by atoms with Crippen LogP contribution in [0, 0.1) is 19.8 Å². The van der Waals surface area contributed by atoms with Crippen molar-refractivity contribution in [3.8, 4) is 0 Å². The van der Waals surface area contributed by atoms with Crippen LogP contribution in [0.2, 0.25) is 10.0 Å². The number of nitrogens with zero attached hydrogens (tertiary/aromatic N) is 2. The highest BCUT2D eigenvalue weighted by molar-refractivity contribution is 7.89. The van der Waals surface area contributed by atoms with Gasteiger partial charge in [0.25, 0.3) is 0 Å². The predicted octanol–water partition coefficient (Wildman–Crippen LogP) is 7.14. The molecule has 4 atom stereocenters. The molecule has 2 aliphatic heterocycles. The number of aryl methyl sites for hydroxylation is 2. The number of hydrogen-bond donors (Lipinski definition) is 0. The van der Waals surface area contributed by atoms with Crippen LogP contribution in [0.4, 0.5) is 0 Å². The zero-order valence-electron chi connectivity index (χ0n) is 24.7. The Bertz CT molecular complexity index is 1970. The van der Waals surface area contributed by atoms with Crippen molar-refractivity contribution in [3.63, 3.8) is 0 Å². The fourth-order valence-corrected chi connectivity index (χ4v) is 10.6. The van der Waals surface area contributed by atoms with E-state index in [4.69, 9.17) is 23.2 Å². The van der Waals surface area contributed by atoms with E-state index in [1.54, 1.807) is 104 Å². The summed E-state index contributed by atoms with van der Waals surface area (Å²) in [7, 11) is -8.25. The summed E-state index contributed by atoms with van der Waals surface area (Å²) in [5.74, 6) is -1.08. The average Bonchev–Trinajstić information content (AvgIpc) is 3.01. The van der Waals surface area contributed by atoms with Crippen molar-refractivity contribution in [1.29, 1.82) is 0 Å². The predicted molar refractivity (Wildman–Crippen MR) is 175 cm³/mol. The summed E-state index contributed by atoms with van der Waals surface area (Å²) in [4.78, 5) is 14.3. The molecule has 2 heterocycles. The Morgan fingerprint density at radius 1 is 0.711 bits per heavy atom. The molecule has 234 valence electrons. The number of ketones is 1. The Morgan fingerprint density at radius 3 is 2.07 bits per heavy atom. The maximum absolute atomic E-state index is 14.6. The van der Waals surface area contributed by atoms with Gasteiger partial charge in [0.2, 0.25) is 20.0 Å². The molecule has 0 unspecified atom stereocenters. The number of Topliss-reactive ketones (excluding diaryl/α,β-unsaturated/α-hetero) is 1. The summed E-state index contributed by atoms with van der Waals surface area (Å²) in [6.07, 6.45) is -0.0538. The van der Waals surface area contributed by atoms with Gasteiger partial charge in [-0.3, -0.25) is 4.79 Å². The molecule has 0 aliphatic carbocycles. The first-order valence-corrected chi connectivity index (χ1v) is 18.2. The van der Waals surface area contributed by atoms with Gasteiger partial charge in [-0.15, -0.1) is 0 Å². The molecule has 6 rings (SSSR count). The molecule has 11 heteroatoms. The number of carbonyl (C=O) groups excluding carboxylic acids is 1. The number of piperidine rings is 2. The van der Waals surface area contributed by atoms with Crippen molar-refractivity contribution in [2.75, 3.05) is 6.54 Å². The van der Waals surface area contributed by atoms with E-state index in [0.717, 1.165) is 5.56 Å². The molecule has 4 aromatic rings. The van der Waals surface area contributed by atoms with Gasteiger partial charge in [-0.2, -0.15) is 8.61 Å². The number of sulfonamides is 2. The van der Waals surface area contributed by atoms with E-state index in [1.165, 1.54) is 8.61 Å². The maximum Gasteiger partial charge on any atom is 0.243 e. The molecule has 0 amide bonds. The van der Waals surface area contributed by atoms with Crippen molar-refractivity contribution in [2.24, 2.45) is 5.92 Å². The van der Waals surface area contributed by atoms with Crippen LogP contribution >= 0.6 is 23.2 Å². The second-order valence-electron chi connectivity index (χ2n) is 11.7. The van der Waals surface area contributed by atoms with Gasteiger partial charge in [0.1, 0.15) is 5.78 Å². The highest BCUT2D eigenvalue weighted by Gasteiger charge is 2.54. The standard InChI is InChI=1S/C34H32Cl2N2O5S2/c1-22-10-16-28(17-11-22)44(40,41)38-31(25-7-5-8-27(36)18-25)20-33(39)29-21-37(45(42,43)34-9-4-3-6-23(34)2)30(19-32(29)38)24-12-14-26(35)15-13-24/h3-18,29-32H,19-21H2,1-2H3/t29-,30+,31+,32+/m1/s1. The Balaban J connectivity index is 1.52. The number of hydrogen-bond acceptors (Lipinski definition) is 5. The van der Waals surface area contributed by atoms with Crippen LogP contribution in [0.3, 0.4) is 0 Å². The molecule has 0 saturated carbocycles. The zero-order chi connectivity index (χ0) is 32.1. The van der Waals surface area contributed by atoms with Crippen molar-refractivity contribution < 1.29 is 21.6 Å². The van der Waals surface area contributed by atoms with Crippen molar-refractivity contribution in [2.45, 2.75) is 54.6 Å². The zero-order valence-corrected chi connectivity index (χ0v) is 27.8. The number of rotatable bonds is 6. The highest BCUT2D eigenvalue weighted by atomic mass is 35.5. The molecule has 45 heavy (non-hydrogen) atoms. The number of halogens is 2. The minimum Gasteiger partial charge on any atom is -0.299 e. The smallest absolute Gasteiger partial charge is 0.243 e. The van der Waals surface area contributed by atoms with Gasteiger partial charge in [-0.25, -0.2) is 16.8 Å². The third-order valence-corrected chi connectivity index (χ3v) is 13.3. The largest absolute Gasteiger partial charge is 0.299 e. The molecular weight excluding hydrogens is 651 g/mol. The fraction of sp³-hybridized carbons (Fsp3) is 0.265. The minimum absolute atomic E-state index is 0.0608. The van der Waals surface area contributed by atoms with Crippen LogP contribution in [0.1, 0.15) is 47.2 Å². The van der Waals surface area contributed by atoms with Crippen LogP contribution in [0.25, 0.3) is 0 Å². The highest BCUT2D eigenvalue weighted by Crippen LogP contribution is 2.48. The summed E-state index contributed by atoms with van der Waals surface area (Å²) in [5, 5.41) is 0.908. The Kier molecular flexibility index (Phi) is 8.71. The van der Waals surface area contributed by atoms with Crippen LogP contribution < -0.4 is 0 Å².